The number of hydrogen-bond acceptors (Lipinski definition) is 3. The normalized spacial score (nSPS) is 14.1. The summed E-state index contributed by atoms with van der Waals surface area (Å²) in [6.07, 6.45) is 0. The molecular formula is C26H23FN2O2. The molecule has 0 bridgehead atoms. The highest BCUT2D eigenvalue weighted by Crippen LogP contribution is 2.35. The molecule has 3 aromatic rings. The third kappa shape index (κ3) is 4.12. The molecule has 1 aliphatic rings. The summed E-state index contributed by atoms with van der Waals surface area (Å²) in [5.74, 6) is -0.824. The summed E-state index contributed by atoms with van der Waals surface area (Å²) in [5.41, 5.74) is 4.36. The fourth-order valence-corrected chi connectivity index (χ4v) is 4.00. The van der Waals surface area contributed by atoms with Crippen LogP contribution in [0.3, 0.4) is 0 Å². The van der Waals surface area contributed by atoms with Crippen molar-refractivity contribution in [3.63, 3.8) is 0 Å². The number of allylic oxidation sites excluding steroid dienone is 1. The molecular weight excluding hydrogens is 391 g/mol. The number of ketones is 1. The van der Waals surface area contributed by atoms with Crippen molar-refractivity contribution >= 4 is 23.0 Å². The second-order valence-corrected chi connectivity index (χ2v) is 7.61. The van der Waals surface area contributed by atoms with Crippen LogP contribution >= 0.6 is 0 Å². The van der Waals surface area contributed by atoms with Crippen LogP contribution in [0.4, 0.5) is 10.1 Å². The Kier molecular flexibility index (Phi) is 5.67. The van der Waals surface area contributed by atoms with Gasteiger partial charge in [0.1, 0.15) is 11.9 Å². The van der Waals surface area contributed by atoms with E-state index < -0.39 is 6.04 Å². The van der Waals surface area contributed by atoms with Gasteiger partial charge in [-0.2, -0.15) is 0 Å². The summed E-state index contributed by atoms with van der Waals surface area (Å²) >= 11 is 0. The first kappa shape index (κ1) is 20.5. The van der Waals surface area contributed by atoms with Gasteiger partial charge in [0.05, 0.1) is 5.57 Å². The van der Waals surface area contributed by atoms with Gasteiger partial charge in [0, 0.05) is 17.9 Å². The highest BCUT2D eigenvalue weighted by molar-refractivity contribution is 6.22. The summed E-state index contributed by atoms with van der Waals surface area (Å²) in [5, 5.41) is 2.91. The van der Waals surface area contributed by atoms with Crippen molar-refractivity contribution in [2.24, 2.45) is 0 Å². The van der Waals surface area contributed by atoms with Crippen molar-refractivity contribution in [1.29, 1.82) is 0 Å². The highest BCUT2D eigenvalue weighted by atomic mass is 19.1. The molecule has 4 nitrogen and oxygen atoms in total. The molecule has 4 rings (SSSR count). The number of hydrogen-bond donors (Lipinski definition) is 1. The van der Waals surface area contributed by atoms with Crippen molar-refractivity contribution in [2.45, 2.75) is 26.4 Å². The first-order valence-electron chi connectivity index (χ1n) is 10.1. The molecule has 0 saturated carbocycles. The lowest BCUT2D eigenvalue weighted by Crippen LogP contribution is -2.37. The maximum absolute atomic E-state index is 13.9. The van der Waals surface area contributed by atoms with E-state index in [0.717, 1.165) is 16.7 Å². The molecule has 5 heteroatoms. The Morgan fingerprint density at radius 3 is 2.39 bits per heavy atom. The van der Waals surface area contributed by atoms with Gasteiger partial charge < -0.3 is 10.2 Å². The van der Waals surface area contributed by atoms with E-state index in [9.17, 15) is 14.0 Å². The molecule has 1 N–H and O–H groups in total. The fourth-order valence-electron chi connectivity index (χ4n) is 4.00. The minimum absolute atomic E-state index is 0.149. The summed E-state index contributed by atoms with van der Waals surface area (Å²) in [7, 11) is 0. The lowest BCUT2D eigenvalue weighted by molar-refractivity contribution is -0.124. The predicted molar refractivity (Wildman–Crippen MR) is 120 cm³/mol. The van der Waals surface area contributed by atoms with E-state index in [2.05, 4.69) is 5.32 Å². The number of benzene rings is 3. The minimum Gasteiger partial charge on any atom is -0.340 e. The van der Waals surface area contributed by atoms with Crippen LogP contribution in [0.2, 0.25) is 0 Å². The molecule has 0 saturated heterocycles. The molecule has 0 radical (unpaired) electrons. The van der Waals surface area contributed by atoms with E-state index in [1.807, 2.05) is 72.5 Å². The highest BCUT2D eigenvalue weighted by Gasteiger charge is 2.29. The molecule has 0 aliphatic carbocycles. The summed E-state index contributed by atoms with van der Waals surface area (Å²) in [4.78, 5) is 27.7. The van der Waals surface area contributed by atoms with Crippen LogP contribution in [0.25, 0.3) is 5.57 Å². The number of Topliss-reactive ketones (excluding diaryl/α,β-unsaturated/α-hetero) is 1. The topological polar surface area (TPSA) is 49.4 Å². The third-order valence-electron chi connectivity index (χ3n) is 5.54. The Morgan fingerprint density at radius 2 is 1.68 bits per heavy atom. The monoisotopic (exact) mass is 414 g/mol. The molecule has 1 atom stereocenters. The Labute approximate surface area is 181 Å². The first-order chi connectivity index (χ1) is 15.0. The number of anilines is 1. The molecule has 1 heterocycles. The number of carbonyl (C=O) groups is 2. The van der Waals surface area contributed by atoms with E-state index in [-0.39, 0.29) is 17.5 Å². The van der Waals surface area contributed by atoms with Crippen LogP contribution in [-0.2, 0) is 16.1 Å². The average Bonchev–Trinajstić information content (AvgIpc) is 2.77. The van der Waals surface area contributed by atoms with Crippen molar-refractivity contribution in [2.75, 3.05) is 4.90 Å². The Balaban J connectivity index is 1.76. The Morgan fingerprint density at radius 1 is 0.968 bits per heavy atom. The van der Waals surface area contributed by atoms with Crippen LogP contribution in [0, 0.1) is 5.82 Å². The fraction of sp³-hybridized carbons (Fsp3) is 0.154. The average molecular weight is 414 g/mol. The van der Waals surface area contributed by atoms with Crippen LogP contribution < -0.4 is 10.2 Å². The molecule has 3 aromatic carbocycles. The van der Waals surface area contributed by atoms with E-state index >= 15 is 0 Å². The molecule has 156 valence electrons. The maximum atomic E-state index is 13.9. The van der Waals surface area contributed by atoms with Crippen LogP contribution in [-0.4, -0.2) is 11.7 Å². The molecule has 0 spiro atoms. The van der Waals surface area contributed by atoms with E-state index in [1.165, 1.54) is 19.1 Å². The van der Waals surface area contributed by atoms with Gasteiger partial charge in [0.15, 0.2) is 5.78 Å². The van der Waals surface area contributed by atoms with E-state index in [4.69, 9.17) is 0 Å². The number of amides is 1. The molecule has 0 unspecified atom stereocenters. The van der Waals surface area contributed by atoms with Gasteiger partial charge >= 0.3 is 0 Å². The number of halogens is 1. The van der Waals surface area contributed by atoms with Crippen LogP contribution in [0.5, 0.6) is 0 Å². The second-order valence-electron chi connectivity index (χ2n) is 7.61. The minimum atomic E-state index is -0.745. The van der Waals surface area contributed by atoms with Gasteiger partial charge in [0.25, 0.3) is 5.91 Å². The number of nitrogens with one attached hydrogen (secondary N) is 1. The zero-order valence-electron chi connectivity index (χ0n) is 17.4. The van der Waals surface area contributed by atoms with Crippen molar-refractivity contribution in [3.05, 3.63) is 107 Å². The quantitative estimate of drug-likeness (QED) is 0.638. The lowest BCUT2D eigenvalue weighted by atomic mass is 9.92. The van der Waals surface area contributed by atoms with Crippen molar-refractivity contribution < 1.29 is 14.0 Å². The van der Waals surface area contributed by atoms with Crippen molar-refractivity contribution in [3.8, 4) is 0 Å². The lowest BCUT2D eigenvalue weighted by Gasteiger charge is -2.33. The molecule has 1 amide bonds. The summed E-state index contributed by atoms with van der Waals surface area (Å²) in [6.45, 7) is 3.84. The van der Waals surface area contributed by atoms with Gasteiger partial charge in [-0.3, -0.25) is 9.59 Å². The Hall–Kier alpha value is -3.73. The van der Waals surface area contributed by atoms with Crippen LogP contribution in [0.1, 0.15) is 36.6 Å². The van der Waals surface area contributed by atoms with Crippen molar-refractivity contribution in [1.82, 2.24) is 5.32 Å². The second kappa shape index (κ2) is 8.56. The summed E-state index contributed by atoms with van der Waals surface area (Å²) in [6, 6.07) is 22.4. The van der Waals surface area contributed by atoms with Gasteiger partial charge in [-0.25, -0.2) is 4.39 Å². The summed E-state index contributed by atoms with van der Waals surface area (Å²) < 4.78 is 13.9. The smallest absolute Gasteiger partial charge is 0.254 e. The van der Waals surface area contributed by atoms with Gasteiger partial charge in [-0.05, 0) is 48.7 Å². The SMILES string of the molecule is CC(=O)[C@@H](NC(=O)C1=C(C)N(c2cccc(F)c2)Cc2ccccc21)c1ccccc1. The predicted octanol–water partition coefficient (Wildman–Crippen LogP) is 5.02. The Bertz CT molecular complexity index is 1170. The molecule has 1 aliphatic heterocycles. The van der Waals surface area contributed by atoms with Gasteiger partial charge in [-0.1, -0.05) is 60.7 Å². The first-order valence-corrected chi connectivity index (χ1v) is 10.1. The zero-order chi connectivity index (χ0) is 22.0. The molecule has 31 heavy (non-hydrogen) atoms. The van der Waals surface area contributed by atoms with E-state index in [1.54, 1.807) is 6.07 Å². The molecule has 0 aromatic heterocycles. The maximum Gasteiger partial charge on any atom is 0.254 e. The van der Waals surface area contributed by atoms with Gasteiger partial charge in [-0.15, -0.1) is 0 Å². The van der Waals surface area contributed by atoms with Gasteiger partial charge in [0.2, 0.25) is 0 Å². The number of rotatable bonds is 5. The molecule has 0 fully saturated rings. The zero-order valence-corrected chi connectivity index (χ0v) is 17.4. The largest absolute Gasteiger partial charge is 0.340 e. The standard InChI is InChI=1S/C26H23FN2O2/c1-17-24(26(31)28-25(18(2)30)19-9-4-3-5-10-19)23-14-7-6-11-20(23)16-29(17)22-13-8-12-21(27)15-22/h3-15,25H,16H2,1-2H3,(H,28,31)/t25-/m1/s1. The number of fused-ring (bicyclic) bond motifs is 1. The van der Waals surface area contributed by atoms with Crippen LogP contribution in [0.15, 0.2) is 84.6 Å². The third-order valence-corrected chi connectivity index (χ3v) is 5.54. The van der Waals surface area contributed by atoms with E-state index in [0.29, 0.717) is 23.5 Å². The number of carbonyl (C=O) groups excluding carboxylic acids is 2. The number of nitrogens with zero attached hydrogens (tertiary/aromatic N) is 1.